The third-order valence-corrected chi connectivity index (χ3v) is 3.51. The fourth-order valence-electron chi connectivity index (χ4n) is 2.01. The van der Waals surface area contributed by atoms with E-state index in [2.05, 4.69) is 26.1 Å². The van der Waals surface area contributed by atoms with E-state index >= 15 is 0 Å². The smallest absolute Gasteiger partial charge is 0.123 e. The predicted octanol–water partition coefficient (Wildman–Crippen LogP) is 4.27. The first-order valence-corrected chi connectivity index (χ1v) is 6.92. The van der Waals surface area contributed by atoms with E-state index in [1.54, 1.807) is 6.07 Å². The van der Waals surface area contributed by atoms with Crippen LogP contribution in [0.5, 0.6) is 0 Å². The highest BCUT2D eigenvalue weighted by atomic mass is 35.5. The molecule has 1 nitrogen and oxygen atoms in total. The van der Waals surface area contributed by atoms with Gasteiger partial charge in [0.2, 0.25) is 0 Å². The zero-order valence-electron chi connectivity index (χ0n) is 11.7. The van der Waals surface area contributed by atoms with Crippen molar-refractivity contribution in [2.24, 2.45) is 5.41 Å². The maximum atomic E-state index is 13.2. The maximum Gasteiger partial charge on any atom is 0.123 e. The van der Waals surface area contributed by atoms with Crippen molar-refractivity contribution >= 4 is 11.6 Å². The van der Waals surface area contributed by atoms with Crippen LogP contribution in [-0.4, -0.2) is 11.9 Å². The predicted molar refractivity (Wildman–Crippen MR) is 76.6 cm³/mol. The number of halogens is 2. The fraction of sp³-hybridized carbons (Fsp3) is 0.600. The summed E-state index contributed by atoms with van der Waals surface area (Å²) in [5.41, 5.74) is 2.28. The maximum absolute atomic E-state index is 13.2. The number of aryl methyl sites for hydroxylation is 1. The van der Waals surface area contributed by atoms with E-state index < -0.39 is 0 Å². The van der Waals surface area contributed by atoms with Crippen molar-refractivity contribution in [2.45, 2.75) is 46.7 Å². The molecule has 0 saturated carbocycles. The van der Waals surface area contributed by atoms with Crippen LogP contribution in [0.3, 0.4) is 0 Å². The molecule has 0 amide bonds. The van der Waals surface area contributed by atoms with Crippen molar-refractivity contribution in [1.29, 1.82) is 0 Å². The lowest BCUT2D eigenvalue weighted by Crippen LogP contribution is -2.40. The van der Waals surface area contributed by atoms with Gasteiger partial charge in [-0.25, -0.2) is 4.39 Å². The molecule has 1 aromatic carbocycles. The summed E-state index contributed by atoms with van der Waals surface area (Å²) in [5.74, 6) is 0.457. The van der Waals surface area contributed by atoms with Crippen LogP contribution in [0.25, 0.3) is 0 Å². The third-order valence-electron chi connectivity index (χ3n) is 3.29. The minimum absolute atomic E-state index is 0.149. The first-order chi connectivity index (χ1) is 8.34. The molecule has 0 radical (unpaired) electrons. The van der Waals surface area contributed by atoms with Crippen molar-refractivity contribution in [3.63, 3.8) is 0 Å². The van der Waals surface area contributed by atoms with Crippen LogP contribution >= 0.6 is 11.6 Å². The molecule has 3 heteroatoms. The normalized spacial score (nSPS) is 13.7. The van der Waals surface area contributed by atoms with E-state index in [-0.39, 0.29) is 11.2 Å². The summed E-state index contributed by atoms with van der Waals surface area (Å²) in [6.45, 7) is 9.26. The molecule has 1 unspecified atom stereocenters. The molecular formula is C15H23ClFN. The number of nitrogens with one attached hydrogen (secondary N) is 1. The topological polar surface area (TPSA) is 12.0 Å². The zero-order valence-corrected chi connectivity index (χ0v) is 12.4. The Morgan fingerprint density at radius 1 is 1.33 bits per heavy atom. The highest BCUT2D eigenvalue weighted by Gasteiger charge is 2.23. The van der Waals surface area contributed by atoms with Gasteiger partial charge in [-0.05, 0) is 42.0 Å². The summed E-state index contributed by atoms with van der Waals surface area (Å²) in [6, 6.07) is 5.25. The molecular weight excluding hydrogens is 249 g/mol. The fourth-order valence-corrected chi connectivity index (χ4v) is 2.23. The molecule has 0 bridgehead atoms. The first kappa shape index (κ1) is 15.5. The quantitative estimate of drug-likeness (QED) is 0.789. The molecule has 1 atom stereocenters. The molecule has 0 aliphatic carbocycles. The second kappa shape index (κ2) is 6.53. The SMILES string of the molecule is Cc1ccc(F)cc1CNC(CCCl)C(C)(C)C. The Hall–Kier alpha value is -0.600. The lowest BCUT2D eigenvalue weighted by Gasteiger charge is -2.31. The van der Waals surface area contributed by atoms with Gasteiger partial charge >= 0.3 is 0 Å². The van der Waals surface area contributed by atoms with Crippen molar-refractivity contribution in [3.8, 4) is 0 Å². The van der Waals surface area contributed by atoms with Gasteiger partial charge in [-0.3, -0.25) is 0 Å². The van der Waals surface area contributed by atoms with Crippen molar-refractivity contribution in [2.75, 3.05) is 5.88 Å². The zero-order chi connectivity index (χ0) is 13.8. The Morgan fingerprint density at radius 3 is 2.56 bits per heavy atom. The number of alkyl halides is 1. The summed E-state index contributed by atoms with van der Waals surface area (Å²) in [7, 11) is 0. The van der Waals surface area contributed by atoms with Crippen LogP contribution in [0, 0.1) is 18.2 Å². The second-order valence-corrected chi connectivity index (χ2v) is 6.23. The Kier molecular flexibility index (Phi) is 5.61. The molecule has 102 valence electrons. The average molecular weight is 272 g/mol. The second-order valence-electron chi connectivity index (χ2n) is 5.85. The van der Waals surface area contributed by atoms with E-state index in [4.69, 9.17) is 11.6 Å². The van der Waals surface area contributed by atoms with E-state index in [0.29, 0.717) is 18.5 Å². The molecule has 0 heterocycles. The Bertz CT molecular complexity index is 385. The van der Waals surface area contributed by atoms with Gasteiger partial charge in [-0.15, -0.1) is 11.6 Å². The lowest BCUT2D eigenvalue weighted by atomic mass is 9.85. The van der Waals surface area contributed by atoms with Gasteiger partial charge in [0.25, 0.3) is 0 Å². The molecule has 1 rings (SSSR count). The van der Waals surface area contributed by atoms with Crippen molar-refractivity contribution in [3.05, 3.63) is 35.1 Å². The molecule has 0 aliphatic rings. The van der Waals surface area contributed by atoms with Crippen LogP contribution in [0.15, 0.2) is 18.2 Å². The van der Waals surface area contributed by atoms with Crippen LogP contribution in [0.2, 0.25) is 0 Å². The van der Waals surface area contributed by atoms with Gasteiger partial charge in [-0.2, -0.15) is 0 Å². The Morgan fingerprint density at radius 2 is 2.00 bits per heavy atom. The van der Waals surface area contributed by atoms with E-state index in [1.807, 2.05) is 13.0 Å². The Balaban J connectivity index is 2.70. The lowest BCUT2D eigenvalue weighted by molar-refractivity contribution is 0.260. The summed E-state index contributed by atoms with van der Waals surface area (Å²) in [6.07, 6.45) is 0.916. The van der Waals surface area contributed by atoms with Gasteiger partial charge in [0.05, 0.1) is 0 Å². The first-order valence-electron chi connectivity index (χ1n) is 6.39. The number of rotatable bonds is 5. The molecule has 1 aromatic rings. The minimum atomic E-state index is -0.179. The number of benzene rings is 1. The molecule has 0 aliphatic heterocycles. The standard InChI is InChI=1S/C15H23ClFN/c1-11-5-6-13(17)9-12(11)10-18-14(7-8-16)15(2,3)4/h5-6,9,14,18H,7-8,10H2,1-4H3. The minimum Gasteiger partial charge on any atom is -0.309 e. The number of hydrogen-bond donors (Lipinski definition) is 1. The van der Waals surface area contributed by atoms with Crippen LogP contribution in [0.4, 0.5) is 4.39 Å². The Labute approximate surface area is 115 Å². The van der Waals surface area contributed by atoms with E-state index in [9.17, 15) is 4.39 Å². The van der Waals surface area contributed by atoms with Gasteiger partial charge in [0.1, 0.15) is 5.82 Å². The van der Waals surface area contributed by atoms with Gasteiger partial charge in [-0.1, -0.05) is 26.8 Å². The van der Waals surface area contributed by atoms with Gasteiger partial charge in [0, 0.05) is 18.5 Å². The molecule has 0 saturated heterocycles. The van der Waals surface area contributed by atoms with Gasteiger partial charge < -0.3 is 5.32 Å². The van der Waals surface area contributed by atoms with Crippen LogP contribution in [0.1, 0.15) is 38.3 Å². The third kappa shape index (κ3) is 4.58. The highest BCUT2D eigenvalue weighted by Crippen LogP contribution is 2.23. The summed E-state index contributed by atoms with van der Waals surface area (Å²) >= 11 is 5.84. The summed E-state index contributed by atoms with van der Waals surface area (Å²) in [5, 5.41) is 3.49. The number of hydrogen-bond acceptors (Lipinski definition) is 1. The summed E-state index contributed by atoms with van der Waals surface area (Å²) in [4.78, 5) is 0. The molecule has 1 N–H and O–H groups in total. The molecule has 18 heavy (non-hydrogen) atoms. The summed E-state index contributed by atoms with van der Waals surface area (Å²) < 4.78 is 13.2. The van der Waals surface area contributed by atoms with E-state index in [0.717, 1.165) is 17.5 Å². The molecule has 0 fully saturated rings. The molecule has 0 aromatic heterocycles. The van der Waals surface area contributed by atoms with Crippen LogP contribution in [-0.2, 0) is 6.54 Å². The largest absolute Gasteiger partial charge is 0.309 e. The monoisotopic (exact) mass is 271 g/mol. The highest BCUT2D eigenvalue weighted by molar-refractivity contribution is 6.17. The molecule has 0 spiro atoms. The van der Waals surface area contributed by atoms with Crippen molar-refractivity contribution in [1.82, 2.24) is 5.32 Å². The van der Waals surface area contributed by atoms with Gasteiger partial charge in [0.15, 0.2) is 0 Å². The van der Waals surface area contributed by atoms with Crippen molar-refractivity contribution < 1.29 is 4.39 Å². The van der Waals surface area contributed by atoms with Crippen LogP contribution < -0.4 is 5.32 Å². The average Bonchev–Trinajstić information content (AvgIpc) is 2.27. The van der Waals surface area contributed by atoms with E-state index in [1.165, 1.54) is 6.07 Å².